The van der Waals surface area contributed by atoms with Crippen molar-refractivity contribution in [1.82, 2.24) is 0 Å². The van der Waals surface area contributed by atoms with Crippen LogP contribution in [0, 0.1) is 15.4 Å². The van der Waals surface area contributed by atoms with Gasteiger partial charge in [-0.3, -0.25) is 0 Å². The maximum atomic E-state index is 2.47. The largest absolute Gasteiger partial charge is 0.0628 e. The Labute approximate surface area is 161 Å². The molecule has 0 fully saturated rings. The van der Waals surface area contributed by atoms with E-state index in [1.165, 1.54) is 40.4 Å². The predicted molar refractivity (Wildman–Crippen MR) is 114 cm³/mol. The number of benzene rings is 2. The lowest BCUT2D eigenvalue weighted by atomic mass is 9.69. The highest BCUT2D eigenvalue weighted by Gasteiger charge is 2.42. The van der Waals surface area contributed by atoms with Crippen LogP contribution in [0.2, 0.25) is 0 Å². The van der Waals surface area contributed by atoms with Gasteiger partial charge >= 0.3 is 0 Å². The standard InChI is InChI=1S/C23H29I/c1-16(2)11-13-23(14-12-17(3)4)21-8-6-5-7-19(21)20-10-9-18(24)15-22(20)23/h5-10,15-17H,11-14H2,1-4H3. The molecule has 0 radical (unpaired) electrons. The zero-order valence-electron chi connectivity index (χ0n) is 15.4. The lowest BCUT2D eigenvalue weighted by Crippen LogP contribution is -2.26. The maximum Gasteiger partial charge on any atom is 0.0215 e. The Morgan fingerprint density at radius 2 is 1.38 bits per heavy atom. The highest BCUT2D eigenvalue weighted by molar-refractivity contribution is 14.1. The van der Waals surface area contributed by atoms with Crippen LogP contribution in [0.4, 0.5) is 0 Å². The summed E-state index contributed by atoms with van der Waals surface area (Å²) in [6.07, 6.45) is 5.11. The Hall–Kier alpha value is -0.830. The Bertz CT molecular complexity index is 700. The fourth-order valence-electron chi connectivity index (χ4n) is 4.16. The van der Waals surface area contributed by atoms with Crippen LogP contribution in [-0.4, -0.2) is 0 Å². The van der Waals surface area contributed by atoms with Crippen LogP contribution in [0.3, 0.4) is 0 Å². The fourth-order valence-corrected chi connectivity index (χ4v) is 4.65. The first-order chi connectivity index (χ1) is 11.4. The first kappa shape index (κ1) is 18.0. The van der Waals surface area contributed by atoms with Gasteiger partial charge in [0.2, 0.25) is 0 Å². The SMILES string of the molecule is CC(C)CCC1(CCC(C)C)c2ccccc2-c2ccc(I)cc21. The third-order valence-corrected chi connectivity index (χ3v) is 6.20. The van der Waals surface area contributed by atoms with E-state index in [1.807, 2.05) is 0 Å². The zero-order valence-corrected chi connectivity index (χ0v) is 17.6. The van der Waals surface area contributed by atoms with E-state index in [1.54, 1.807) is 11.1 Å². The topological polar surface area (TPSA) is 0 Å². The highest BCUT2D eigenvalue weighted by Crippen LogP contribution is 2.54. The summed E-state index contributed by atoms with van der Waals surface area (Å²) >= 11 is 2.47. The molecule has 0 atom stereocenters. The molecule has 0 nitrogen and oxygen atoms in total. The second-order valence-electron chi connectivity index (χ2n) is 8.18. The van der Waals surface area contributed by atoms with Gasteiger partial charge in [-0.15, -0.1) is 0 Å². The molecule has 0 saturated carbocycles. The summed E-state index contributed by atoms with van der Waals surface area (Å²) in [6, 6.07) is 16.2. The Balaban J connectivity index is 2.16. The fraction of sp³-hybridized carbons (Fsp3) is 0.478. The van der Waals surface area contributed by atoms with Crippen LogP contribution in [0.15, 0.2) is 42.5 Å². The van der Waals surface area contributed by atoms with E-state index >= 15 is 0 Å². The quantitative estimate of drug-likeness (QED) is 0.417. The van der Waals surface area contributed by atoms with Crippen molar-refractivity contribution in [2.75, 3.05) is 0 Å². The van der Waals surface area contributed by atoms with Crippen LogP contribution in [0.1, 0.15) is 64.5 Å². The van der Waals surface area contributed by atoms with Crippen molar-refractivity contribution < 1.29 is 0 Å². The summed E-state index contributed by atoms with van der Waals surface area (Å²) in [6.45, 7) is 9.42. The van der Waals surface area contributed by atoms with Crippen LogP contribution >= 0.6 is 22.6 Å². The number of rotatable bonds is 6. The Morgan fingerprint density at radius 1 is 0.792 bits per heavy atom. The zero-order chi connectivity index (χ0) is 17.3. The Morgan fingerprint density at radius 3 is 2.00 bits per heavy atom. The van der Waals surface area contributed by atoms with Gasteiger partial charge < -0.3 is 0 Å². The van der Waals surface area contributed by atoms with E-state index < -0.39 is 0 Å². The molecule has 1 heteroatoms. The van der Waals surface area contributed by atoms with Gasteiger partial charge in [-0.05, 0) is 94.5 Å². The van der Waals surface area contributed by atoms with Gasteiger partial charge in [0.15, 0.2) is 0 Å². The maximum absolute atomic E-state index is 2.47. The normalized spacial score (nSPS) is 15.0. The first-order valence-corrected chi connectivity index (χ1v) is 10.4. The van der Waals surface area contributed by atoms with E-state index in [0.29, 0.717) is 0 Å². The van der Waals surface area contributed by atoms with Crippen LogP contribution in [-0.2, 0) is 5.41 Å². The Kier molecular flexibility index (Phi) is 5.39. The molecule has 0 N–H and O–H groups in total. The molecule has 2 aromatic carbocycles. The van der Waals surface area contributed by atoms with Crippen molar-refractivity contribution in [3.8, 4) is 11.1 Å². The molecular weight excluding hydrogens is 403 g/mol. The molecule has 1 aliphatic rings. The molecular formula is C23H29I. The summed E-state index contributed by atoms with van der Waals surface area (Å²) in [7, 11) is 0. The van der Waals surface area contributed by atoms with Crippen molar-refractivity contribution >= 4 is 22.6 Å². The van der Waals surface area contributed by atoms with Gasteiger partial charge in [0, 0.05) is 8.99 Å². The van der Waals surface area contributed by atoms with Gasteiger partial charge in [-0.1, -0.05) is 58.0 Å². The van der Waals surface area contributed by atoms with E-state index in [2.05, 4.69) is 92.8 Å². The van der Waals surface area contributed by atoms with E-state index in [-0.39, 0.29) is 5.41 Å². The third kappa shape index (κ3) is 3.29. The minimum atomic E-state index is 0.210. The summed E-state index contributed by atoms with van der Waals surface area (Å²) in [4.78, 5) is 0. The van der Waals surface area contributed by atoms with Crippen LogP contribution in [0.5, 0.6) is 0 Å². The van der Waals surface area contributed by atoms with Crippen LogP contribution < -0.4 is 0 Å². The van der Waals surface area contributed by atoms with Gasteiger partial charge in [0.1, 0.15) is 0 Å². The van der Waals surface area contributed by atoms with E-state index in [0.717, 1.165) is 11.8 Å². The van der Waals surface area contributed by atoms with Crippen molar-refractivity contribution in [3.05, 3.63) is 57.2 Å². The summed E-state index contributed by atoms with van der Waals surface area (Å²) in [5.41, 5.74) is 6.30. The molecule has 3 rings (SSSR count). The van der Waals surface area contributed by atoms with Crippen molar-refractivity contribution in [3.63, 3.8) is 0 Å². The smallest absolute Gasteiger partial charge is 0.0215 e. The summed E-state index contributed by atoms with van der Waals surface area (Å²) in [5.74, 6) is 1.50. The lowest BCUT2D eigenvalue weighted by Gasteiger charge is -2.34. The van der Waals surface area contributed by atoms with Gasteiger partial charge in [-0.25, -0.2) is 0 Å². The number of fused-ring (bicyclic) bond motifs is 3. The van der Waals surface area contributed by atoms with E-state index in [4.69, 9.17) is 0 Å². The van der Waals surface area contributed by atoms with Crippen LogP contribution in [0.25, 0.3) is 11.1 Å². The van der Waals surface area contributed by atoms with Gasteiger partial charge in [-0.2, -0.15) is 0 Å². The van der Waals surface area contributed by atoms with E-state index in [9.17, 15) is 0 Å². The average molecular weight is 432 g/mol. The summed E-state index contributed by atoms with van der Waals surface area (Å²) < 4.78 is 1.36. The molecule has 0 aliphatic heterocycles. The second kappa shape index (κ2) is 7.19. The molecule has 0 saturated heterocycles. The average Bonchev–Trinajstić information content (AvgIpc) is 2.81. The molecule has 24 heavy (non-hydrogen) atoms. The molecule has 2 aromatic rings. The van der Waals surface area contributed by atoms with Crippen molar-refractivity contribution in [1.29, 1.82) is 0 Å². The highest BCUT2D eigenvalue weighted by atomic mass is 127. The third-order valence-electron chi connectivity index (χ3n) is 5.53. The van der Waals surface area contributed by atoms with Crippen molar-refractivity contribution in [2.24, 2.45) is 11.8 Å². The predicted octanol–water partition coefficient (Wildman–Crippen LogP) is 7.43. The van der Waals surface area contributed by atoms with Gasteiger partial charge in [0.25, 0.3) is 0 Å². The molecule has 0 aromatic heterocycles. The number of hydrogen-bond acceptors (Lipinski definition) is 0. The molecule has 0 unspecified atom stereocenters. The van der Waals surface area contributed by atoms with Crippen molar-refractivity contribution in [2.45, 2.75) is 58.8 Å². The number of halogens is 1. The monoisotopic (exact) mass is 432 g/mol. The second-order valence-corrected chi connectivity index (χ2v) is 9.43. The molecule has 0 amide bonds. The molecule has 1 aliphatic carbocycles. The lowest BCUT2D eigenvalue weighted by molar-refractivity contribution is 0.364. The number of hydrogen-bond donors (Lipinski definition) is 0. The molecule has 0 spiro atoms. The first-order valence-electron chi connectivity index (χ1n) is 9.34. The minimum Gasteiger partial charge on any atom is -0.0628 e. The molecule has 128 valence electrons. The minimum absolute atomic E-state index is 0.210. The van der Waals surface area contributed by atoms with Gasteiger partial charge in [0.05, 0.1) is 0 Å². The summed E-state index contributed by atoms with van der Waals surface area (Å²) in [5, 5.41) is 0. The molecule has 0 bridgehead atoms. The molecule has 0 heterocycles.